The van der Waals surface area contributed by atoms with E-state index in [4.69, 9.17) is 5.73 Å². The fraction of sp³-hybridized carbons (Fsp3) is 0.500. The van der Waals surface area contributed by atoms with Gasteiger partial charge in [-0.3, -0.25) is 4.79 Å². The average Bonchev–Trinajstić information content (AvgIpc) is 2.12. The lowest BCUT2D eigenvalue weighted by Crippen LogP contribution is -2.21. The van der Waals surface area contributed by atoms with Crippen molar-refractivity contribution in [3.05, 3.63) is 0 Å². The number of amides is 1. The topological polar surface area (TPSA) is 67.5 Å². The van der Waals surface area contributed by atoms with Crippen molar-refractivity contribution in [1.29, 1.82) is 0 Å². The van der Waals surface area contributed by atoms with E-state index in [0.717, 1.165) is 6.54 Å². The van der Waals surface area contributed by atoms with E-state index in [1.807, 2.05) is 0 Å². The molecule has 0 unspecified atom stereocenters. The van der Waals surface area contributed by atoms with Crippen molar-refractivity contribution in [3.8, 4) is 0 Å². The van der Waals surface area contributed by atoms with Crippen LogP contribution >= 0.6 is 12.4 Å². The molecule has 0 saturated heterocycles. The standard InChI is InChI=1S/C4H7N3O.ClH/c5-4(8)3-1-2-6-7-3;/h6H,1-2H2,(H2,5,8);1H. The van der Waals surface area contributed by atoms with Gasteiger partial charge in [0.05, 0.1) is 0 Å². The molecule has 0 aromatic heterocycles. The Hall–Kier alpha value is -0.770. The predicted molar refractivity (Wildman–Crippen MR) is 36.5 cm³/mol. The number of nitrogens with zero attached hydrogens (tertiary/aromatic N) is 1. The number of carbonyl (C=O) groups excluding carboxylic acids is 1. The van der Waals surface area contributed by atoms with Crippen molar-refractivity contribution in [3.63, 3.8) is 0 Å². The van der Waals surface area contributed by atoms with Crippen molar-refractivity contribution in [2.75, 3.05) is 6.54 Å². The highest BCUT2D eigenvalue weighted by Gasteiger charge is 2.10. The SMILES string of the molecule is Cl.NC(=O)C1=NNCC1. The van der Waals surface area contributed by atoms with Gasteiger partial charge in [-0.1, -0.05) is 0 Å². The zero-order valence-electron chi connectivity index (χ0n) is 4.76. The normalized spacial score (nSPS) is 15.3. The van der Waals surface area contributed by atoms with Crippen LogP contribution in [0.25, 0.3) is 0 Å². The summed E-state index contributed by atoms with van der Waals surface area (Å²) in [5.41, 5.74) is 7.98. The van der Waals surface area contributed by atoms with Crippen LogP contribution in [0.15, 0.2) is 5.10 Å². The van der Waals surface area contributed by atoms with Crippen LogP contribution in [0.5, 0.6) is 0 Å². The Morgan fingerprint density at radius 3 is 2.67 bits per heavy atom. The number of hydrogen-bond donors (Lipinski definition) is 2. The highest BCUT2D eigenvalue weighted by Crippen LogP contribution is 1.90. The van der Waals surface area contributed by atoms with Crippen LogP contribution < -0.4 is 11.2 Å². The van der Waals surface area contributed by atoms with Crippen molar-refractivity contribution in [2.45, 2.75) is 6.42 Å². The van der Waals surface area contributed by atoms with Crippen molar-refractivity contribution in [2.24, 2.45) is 10.8 Å². The van der Waals surface area contributed by atoms with Gasteiger partial charge in [0.25, 0.3) is 5.91 Å². The average molecular weight is 150 g/mol. The summed E-state index contributed by atoms with van der Waals surface area (Å²) in [5.74, 6) is -0.421. The first kappa shape index (κ1) is 8.23. The van der Waals surface area contributed by atoms with E-state index in [9.17, 15) is 4.79 Å². The summed E-state index contributed by atoms with van der Waals surface area (Å²) in [4.78, 5) is 10.3. The lowest BCUT2D eigenvalue weighted by molar-refractivity contribution is -0.112. The maximum Gasteiger partial charge on any atom is 0.264 e. The van der Waals surface area contributed by atoms with E-state index in [1.54, 1.807) is 0 Å². The molecular weight excluding hydrogens is 142 g/mol. The molecule has 52 valence electrons. The van der Waals surface area contributed by atoms with Gasteiger partial charge in [0.15, 0.2) is 0 Å². The van der Waals surface area contributed by atoms with Gasteiger partial charge in [-0.05, 0) is 0 Å². The Morgan fingerprint density at radius 1 is 1.78 bits per heavy atom. The Morgan fingerprint density at radius 2 is 2.44 bits per heavy atom. The Kier molecular flexibility index (Phi) is 3.01. The van der Waals surface area contributed by atoms with Crippen LogP contribution in [0.1, 0.15) is 6.42 Å². The van der Waals surface area contributed by atoms with Gasteiger partial charge in [0, 0.05) is 13.0 Å². The second-order valence-electron chi connectivity index (χ2n) is 1.58. The summed E-state index contributed by atoms with van der Waals surface area (Å²) in [6.45, 7) is 0.734. The summed E-state index contributed by atoms with van der Waals surface area (Å²) >= 11 is 0. The number of nitrogens with one attached hydrogen (secondary N) is 1. The van der Waals surface area contributed by atoms with E-state index >= 15 is 0 Å². The van der Waals surface area contributed by atoms with E-state index in [1.165, 1.54) is 0 Å². The molecule has 0 saturated carbocycles. The molecule has 0 atom stereocenters. The molecule has 0 aliphatic carbocycles. The van der Waals surface area contributed by atoms with Crippen LogP contribution in [-0.2, 0) is 4.79 Å². The number of carbonyl (C=O) groups is 1. The van der Waals surface area contributed by atoms with E-state index in [-0.39, 0.29) is 12.4 Å². The van der Waals surface area contributed by atoms with E-state index in [0.29, 0.717) is 12.1 Å². The quantitative estimate of drug-likeness (QED) is 0.515. The molecule has 0 aromatic rings. The number of hydrogen-bond acceptors (Lipinski definition) is 3. The monoisotopic (exact) mass is 149 g/mol. The molecule has 1 amide bonds. The van der Waals surface area contributed by atoms with Gasteiger partial charge in [-0.2, -0.15) is 5.10 Å². The molecule has 1 heterocycles. The maximum atomic E-state index is 10.3. The van der Waals surface area contributed by atoms with Gasteiger partial charge in [-0.15, -0.1) is 12.4 Å². The zero-order chi connectivity index (χ0) is 5.98. The summed E-state index contributed by atoms with van der Waals surface area (Å²) in [7, 11) is 0. The molecule has 0 radical (unpaired) electrons. The van der Waals surface area contributed by atoms with Crippen molar-refractivity contribution >= 4 is 24.0 Å². The van der Waals surface area contributed by atoms with Crippen LogP contribution in [0.3, 0.4) is 0 Å². The number of hydrazone groups is 1. The molecule has 9 heavy (non-hydrogen) atoms. The fourth-order valence-electron chi connectivity index (χ4n) is 0.560. The van der Waals surface area contributed by atoms with Crippen molar-refractivity contribution < 1.29 is 4.79 Å². The largest absolute Gasteiger partial charge is 0.364 e. The second-order valence-corrected chi connectivity index (χ2v) is 1.58. The first-order valence-corrected chi connectivity index (χ1v) is 2.40. The molecule has 1 aliphatic rings. The van der Waals surface area contributed by atoms with E-state index in [2.05, 4.69) is 10.5 Å². The molecule has 1 aliphatic heterocycles. The molecule has 0 bridgehead atoms. The molecule has 0 aromatic carbocycles. The van der Waals surface area contributed by atoms with Gasteiger partial charge >= 0.3 is 0 Å². The van der Waals surface area contributed by atoms with Crippen LogP contribution in [0.2, 0.25) is 0 Å². The van der Waals surface area contributed by atoms with Crippen LogP contribution in [0.4, 0.5) is 0 Å². The van der Waals surface area contributed by atoms with Gasteiger partial charge < -0.3 is 11.2 Å². The smallest absolute Gasteiger partial charge is 0.264 e. The molecule has 0 fully saturated rings. The molecule has 1 rings (SSSR count). The molecule has 5 heteroatoms. The van der Waals surface area contributed by atoms with Crippen molar-refractivity contribution in [1.82, 2.24) is 5.43 Å². The first-order chi connectivity index (χ1) is 3.80. The number of halogens is 1. The van der Waals surface area contributed by atoms with Gasteiger partial charge in [0.1, 0.15) is 5.71 Å². The zero-order valence-corrected chi connectivity index (χ0v) is 5.57. The Labute approximate surface area is 58.9 Å². The van der Waals surface area contributed by atoms with Gasteiger partial charge in [0.2, 0.25) is 0 Å². The van der Waals surface area contributed by atoms with Crippen LogP contribution in [-0.4, -0.2) is 18.2 Å². The minimum atomic E-state index is -0.421. The summed E-state index contributed by atoms with van der Waals surface area (Å²) in [6.07, 6.45) is 0.662. The minimum absolute atomic E-state index is 0. The predicted octanol–water partition coefficient (Wildman–Crippen LogP) is -0.757. The van der Waals surface area contributed by atoms with E-state index < -0.39 is 5.91 Å². The minimum Gasteiger partial charge on any atom is -0.364 e. The fourth-order valence-corrected chi connectivity index (χ4v) is 0.560. The molecular formula is C4H8ClN3O. The third-order valence-electron chi connectivity index (χ3n) is 0.972. The number of nitrogens with two attached hydrogens (primary N) is 1. The summed E-state index contributed by atoms with van der Waals surface area (Å²) < 4.78 is 0. The molecule has 3 N–H and O–H groups in total. The maximum absolute atomic E-state index is 10.3. The lowest BCUT2D eigenvalue weighted by Gasteiger charge is -1.84. The highest BCUT2D eigenvalue weighted by atomic mass is 35.5. The Balaban J connectivity index is 0.000000640. The summed E-state index contributed by atoms with van der Waals surface area (Å²) in [5, 5.41) is 3.63. The third-order valence-corrected chi connectivity index (χ3v) is 0.972. The Bertz CT molecular complexity index is 145. The first-order valence-electron chi connectivity index (χ1n) is 2.40. The van der Waals surface area contributed by atoms with Gasteiger partial charge in [-0.25, -0.2) is 0 Å². The highest BCUT2D eigenvalue weighted by molar-refractivity contribution is 6.38. The summed E-state index contributed by atoms with van der Waals surface area (Å²) in [6, 6.07) is 0. The molecule has 0 spiro atoms. The lowest BCUT2D eigenvalue weighted by atomic mass is 10.3. The number of rotatable bonds is 1. The molecule has 4 nitrogen and oxygen atoms in total. The van der Waals surface area contributed by atoms with Crippen LogP contribution in [0, 0.1) is 0 Å². The second kappa shape index (κ2) is 3.29. The third kappa shape index (κ3) is 1.89. The number of primary amides is 1.